The van der Waals surface area contributed by atoms with Gasteiger partial charge in [-0.2, -0.15) is 10.1 Å². The molecule has 190 valence electrons. The van der Waals surface area contributed by atoms with Crippen molar-refractivity contribution >= 4 is 34.4 Å². The fraction of sp³-hybridized carbons (Fsp3) is 0.385. The molecule has 1 saturated carbocycles. The van der Waals surface area contributed by atoms with Crippen molar-refractivity contribution in [2.45, 2.75) is 43.4 Å². The van der Waals surface area contributed by atoms with Gasteiger partial charge in [-0.15, -0.1) is 0 Å². The number of para-hydroxylation sites is 1. The lowest BCUT2D eigenvalue weighted by molar-refractivity contribution is 0.0428. The summed E-state index contributed by atoms with van der Waals surface area (Å²) in [6, 6.07) is 9.98. The highest BCUT2D eigenvalue weighted by Gasteiger charge is 2.48. The maximum Gasteiger partial charge on any atom is 0.266 e. The number of hydrogen-bond acceptors (Lipinski definition) is 8. The first-order valence-electron chi connectivity index (χ1n) is 12.6. The summed E-state index contributed by atoms with van der Waals surface area (Å²) in [5.74, 6) is 2.05. The highest BCUT2D eigenvalue weighted by Crippen LogP contribution is 2.47. The first kappa shape index (κ1) is 22.6. The second kappa shape index (κ2) is 8.19. The maximum atomic E-state index is 13.6. The van der Waals surface area contributed by atoms with E-state index in [9.17, 15) is 4.79 Å². The fourth-order valence-corrected chi connectivity index (χ4v) is 5.84. The SMILES string of the molecule is Cn1c(N2CCC3(CC2)Oc2ccccc2[C@H]3N)nc2n[nH]c(-c3ccnc(NC4CC4)c3Cl)c2c1=O. The number of halogens is 1. The molecular formula is C26H27ClN8O2. The summed E-state index contributed by atoms with van der Waals surface area (Å²) in [6.07, 6.45) is 5.34. The van der Waals surface area contributed by atoms with E-state index in [0.717, 1.165) is 37.0 Å². The molecular weight excluding hydrogens is 492 g/mol. The highest BCUT2D eigenvalue weighted by atomic mass is 35.5. The van der Waals surface area contributed by atoms with E-state index in [4.69, 9.17) is 27.1 Å². The van der Waals surface area contributed by atoms with Gasteiger partial charge in [-0.05, 0) is 25.0 Å². The number of hydrogen-bond donors (Lipinski definition) is 3. The van der Waals surface area contributed by atoms with Crippen LogP contribution >= 0.6 is 11.6 Å². The van der Waals surface area contributed by atoms with Crippen LogP contribution in [0, 0.1) is 0 Å². The summed E-state index contributed by atoms with van der Waals surface area (Å²) in [5.41, 5.74) is 8.63. The van der Waals surface area contributed by atoms with Crippen molar-refractivity contribution in [3.05, 3.63) is 57.5 Å². The van der Waals surface area contributed by atoms with Gasteiger partial charge in [-0.25, -0.2) is 4.98 Å². The van der Waals surface area contributed by atoms with Gasteiger partial charge in [0.2, 0.25) is 5.95 Å². The third-order valence-corrected chi connectivity index (χ3v) is 8.26. The molecule has 1 atom stereocenters. The van der Waals surface area contributed by atoms with Crippen LogP contribution < -0.4 is 26.2 Å². The molecule has 10 nitrogen and oxygen atoms in total. The van der Waals surface area contributed by atoms with Crippen LogP contribution in [-0.4, -0.2) is 49.5 Å². The van der Waals surface area contributed by atoms with E-state index in [0.29, 0.717) is 58.2 Å². The topological polar surface area (TPSA) is 127 Å². The van der Waals surface area contributed by atoms with Crippen molar-refractivity contribution in [1.29, 1.82) is 0 Å². The average molecular weight is 519 g/mol. The van der Waals surface area contributed by atoms with Crippen LogP contribution in [0.15, 0.2) is 41.3 Å². The van der Waals surface area contributed by atoms with Crippen molar-refractivity contribution in [1.82, 2.24) is 24.7 Å². The summed E-state index contributed by atoms with van der Waals surface area (Å²) in [7, 11) is 1.74. The molecule has 4 aromatic rings. The van der Waals surface area contributed by atoms with Crippen molar-refractivity contribution in [2.24, 2.45) is 12.8 Å². The normalized spacial score (nSPS) is 20.3. The van der Waals surface area contributed by atoms with E-state index in [1.54, 1.807) is 23.9 Å². The van der Waals surface area contributed by atoms with E-state index >= 15 is 0 Å². The van der Waals surface area contributed by atoms with Crippen LogP contribution in [-0.2, 0) is 7.05 Å². The maximum absolute atomic E-state index is 13.6. The molecule has 5 heterocycles. The lowest BCUT2D eigenvalue weighted by Gasteiger charge is -2.41. The predicted octanol–water partition coefficient (Wildman–Crippen LogP) is 3.38. The number of piperidine rings is 1. The number of ether oxygens (including phenoxy) is 1. The summed E-state index contributed by atoms with van der Waals surface area (Å²) >= 11 is 6.69. The highest BCUT2D eigenvalue weighted by molar-refractivity contribution is 6.36. The average Bonchev–Trinajstić information content (AvgIpc) is 3.56. The van der Waals surface area contributed by atoms with Gasteiger partial charge in [-0.1, -0.05) is 29.8 Å². The van der Waals surface area contributed by atoms with Gasteiger partial charge < -0.3 is 20.7 Å². The number of aromatic nitrogens is 5. The number of rotatable bonds is 4. The third kappa shape index (κ3) is 3.50. The van der Waals surface area contributed by atoms with Crippen molar-refractivity contribution in [2.75, 3.05) is 23.3 Å². The molecule has 0 unspecified atom stereocenters. The number of nitrogens with one attached hydrogen (secondary N) is 2. The molecule has 0 bridgehead atoms. The van der Waals surface area contributed by atoms with Crippen LogP contribution in [0.25, 0.3) is 22.3 Å². The standard InChI is InChI=1S/C26H27ClN8O2/c1-34-24(36)18-20(16-8-11-29-23(19(16)27)30-14-6-7-14)32-33-22(18)31-25(34)35-12-9-26(10-13-35)21(28)15-4-2-3-5-17(15)37-26/h2-5,8,11,14,21H,6-7,9-10,12-13,28H2,1H3,(H,29,30)(H,32,33)/t21-/m1/s1. The molecule has 1 aromatic carbocycles. The number of fused-ring (bicyclic) bond motifs is 2. The molecule has 2 fully saturated rings. The van der Waals surface area contributed by atoms with Crippen LogP contribution in [0.4, 0.5) is 11.8 Å². The van der Waals surface area contributed by atoms with Crippen molar-refractivity contribution < 1.29 is 4.74 Å². The van der Waals surface area contributed by atoms with E-state index in [1.165, 1.54) is 0 Å². The zero-order valence-electron chi connectivity index (χ0n) is 20.4. The number of anilines is 2. The minimum atomic E-state index is -0.438. The zero-order chi connectivity index (χ0) is 25.3. The third-order valence-electron chi connectivity index (χ3n) is 7.88. The summed E-state index contributed by atoms with van der Waals surface area (Å²) < 4.78 is 7.96. The van der Waals surface area contributed by atoms with E-state index in [2.05, 4.69) is 25.4 Å². The minimum Gasteiger partial charge on any atom is -0.485 e. The molecule has 3 aliphatic rings. The molecule has 1 aliphatic carbocycles. The molecule has 1 spiro atoms. The Morgan fingerprint density at radius 2 is 2.00 bits per heavy atom. The Hall–Kier alpha value is -3.63. The summed E-state index contributed by atoms with van der Waals surface area (Å²) in [5, 5.41) is 11.6. The van der Waals surface area contributed by atoms with Crippen molar-refractivity contribution in [3.8, 4) is 17.0 Å². The van der Waals surface area contributed by atoms with Crippen molar-refractivity contribution in [3.63, 3.8) is 0 Å². The van der Waals surface area contributed by atoms with Gasteiger partial charge in [0, 0.05) is 56.3 Å². The van der Waals surface area contributed by atoms with Gasteiger partial charge in [-0.3, -0.25) is 14.5 Å². The molecule has 2 aliphatic heterocycles. The monoisotopic (exact) mass is 518 g/mol. The molecule has 4 N–H and O–H groups in total. The minimum absolute atomic E-state index is 0.177. The quantitative estimate of drug-likeness (QED) is 0.375. The van der Waals surface area contributed by atoms with Crippen LogP contribution in [0.1, 0.15) is 37.3 Å². The van der Waals surface area contributed by atoms with Gasteiger partial charge in [0.25, 0.3) is 5.56 Å². The van der Waals surface area contributed by atoms with E-state index in [1.807, 2.05) is 24.3 Å². The predicted molar refractivity (Wildman–Crippen MR) is 142 cm³/mol. The summed E-state index contributed by atoms with van der Waals surface area (Å²) in [4.78, 5) is 24.9. The van der Waals surface area contributed by atoms with Gasteiger partial charge >= 0.3 is 0 Å². The molecule has 1 saturated heterocycles. The number of benzene rings is 1. The van der Waals surface area contributed by atoms with Crippen LogP contribution in [0.2, 0.25) is 5.02 Å². The Morgan fingerprint density at radius 1 is 1.22 bits per heavy atom. The largest absolute Gasteiger partial charge is 0.485 e. The Morgan fingerprint density at radius 3 is 2.76 bits per heavy atom. The molecule has 0 amide bonds. The number of nitrogens with two attached hydrogens (primary N) is 1. The first-order chi connectivity index (χ1) is 17.9. The van der Waals surface area contributed by atoms with Gasteiger partial charge in [0.05, 0.1) is 16.8 Å². The number of H-pyrrole nitrogens is 1. The van der Waals surface area contributed by atoms with Gasteiger partial charge in [0.15, 0.2) is 5.65 Å². The molecule has 3 aromatic heterocycles. The Bertz CT molecular complexity index is 1590. The Balaban J connectivity index is 1.19. The number of nitrogens with zero attached hydrogens (tertiary/aromatic N) is 5. The molecule has 37 heavy (non-hydrogen) atoms. The van der Waals surface area contributed by atoms with E-state index < -0.39 is 5.60 Å². The zero-order valence-corrected chi connectivity index (χ0v) is 21.1. The van der Waals surface area contributed by atoms with E-state index in [-0.39, 0.29) is 11.6 Å². The van der Waals surface area contributed by atoms with Gasteiger partial charge in [0.1, 0.15) is 22.6 Å². The summed E-state index contributed by atoms with van der Waals surface area (Å²) in [6.45, 7) is 1.33. The lowest BCUT2D eigenvalue weighted by atomic mass is 9.83. The number of pyridine rings is 1. The fourth-order valence-electron chi connectivity index (χ4n) is 5.57. The van der Waals surface area contributed by atoms with Crippen LogP contribution in [0.3, 0.4) is 0 Å². The smallest absolute Gasteiger partial charge is 0.266 e. The van der Waals surface area contributed by atoms with Crippen LogP contribution in [0.5, 0.6) is 5.75 Å². The molecule has 7 rings (SSSR count). The first-order valence-corrected chi connectivity index (χ1v) is 13.0. The molecule has 11 heteroatoms. The molecule has 0 radical (unpaired) electrons. The Kier molecular flexibility index (Phi) is 4.99. The second-order valence-corrected chi connectivity index (χ2v) is 10.6. The number of aromatic amines is 1. The lowest BCUT2D eigenvalue weighted by Crippen LogP contribution is -2.52. The Labute approximate surface area is 217 Å². The second-order valence-electron chi connectivity index (χ2n) is 10.2.